The molecule has 2 rings (SSSR count). The highest BCUT2D eigenvalue weighted by Gasteiger charge is 2.20. The molecule has 94 valence electrons. The van der Waals surface area contributed by atoms with Crippen LogP contribution in [-0.4, -0.2) is 28.3 Å². The number of nitrogens with zero attached hydrogens (tertiary/aromatic N) is 2. The molecule has 17 heavy (non-hydrogen) atoms. The van der Waals surface area contributed by atoms with Gasteiger partial charge in [-0.15, -0.1) is 0 Å². The summed E-state index contributed by atoms with van der Waals surface area (Å²) in [5.74, 6) is 0.146. The highest BCUT2D eigenvalue weighted by atomic mass is 35.5. The molecular weight excluding hydrogens is 240 g/mol. The Morgan fingerprint density at radius 1 is 1.65 bits per heavy atom. The van der Waals surface area contributed by atoms with Crippen LogP contribution in [0.1, 0.15) is 24.1 Å². The first-order valence-corrected chi connectivity index (χ1v) is 6.13. The van der Waals surface area contributed by atoms with Crippen LogP contribution in [0.3, 0.4) is 0 Å². The van der Waals surface area contributed by atoms with E-state index < -0.39 is 0 Å². The minimum Gasteiger partial charge on any atom is -0.352 e. The molecule has 5 nitrogen and oxygen atoms in total. The van der Waals surface area contributed by atoms with Crippen LogP contribution in [0, 0.1) is 6.92 Å². The molecule has 1 unspecified atom stereocenters. The highest BCUT2D eigenvalue weighted by Crippen LogP contribution is 2.18. The van der Waals surface area contributed by atoms with E-state index in [-0.39, 0.29) is 11.9 Å². The van der Waals surface area contributed by atoms with Crippen LogP contribution < -0.4 is 10.6 Å². The lowest BCUT2D eigenvalue weighted by atomic mass is 10.2. The highest BCUT2D eigenvalue weighted by molar-refractivity contribution is 6.30. The molecule has 1 saturated heterocycles. The first kappa shape index (κ1) is 12.4. The average Bonchev–Trinajstić information content (AvgIpc) is 2.78. The van der Waals surface area contributed by atoms with Crippen molar-refractivity contribution in [2.45, 2.75) is 32.4 Å². The molecule has 2 N–H and O–H groups in total. The lowest BCUT2D eigenvalue weighted by molar-refractivity contribution is -0.119. The number of carbonyl (C=O) groups excluding carboxylic acids is 1. The number of halogens is 1. The molecule has 0 bridgehead atoms. The van der Waals surface area contributed by atoms with Gasteiger partial charge in [-0.1, -0.05) is 11.6 Å². The van der Waals surface area contributed by atoms with Crippen molar-refractivity contribution in [3.63, 3.8) is 0 Å². The summed E-state index contributed by atoms with van der Waals surface area (Å²) in [6.45, 7) is 3.40. The Hall–Kier alpha value is -1.07. The van der Waals surface area contributed by atoms with E-state index in [1.54, 1.807) is 4.68 Å². The fourth-order valence-electron chi connectivity index (χ4n) is 2.08. The minimum absolute atomic E-state index is 0.146. The van der Waals surface area contributed by atoms with Crippen LogP contribution in [0.5, 0.6) is 0 Å². The normalized spacial score (nSPS) is 19.7. The van der Waals surface area contributed by atoms with Crippen molar-refractivity contribution in [2.75, 3.05) is 6.54 Å². The molecule has 0 aliphatic carbocycles. The van der Waals surface area contributed by atoms with Crippen LogP contribution in [0.25, 0.3) is 0 Å². The van der Waals surface area contributed by atoms with Gasteiger partial charge in [-0.25, -0.2) is 0 Å². The number of amides is 1. The Bertz CT molecular complexity index is 429. The lowest BCUT2D eigenvalue weighted by Crippen LogP contribution is -2.35. The molecular formula is C11H17ClN4O. The Kier molecular flexibility index (Phi) is 3.69. The van der Waals surface area contributed by atoms with Crippen LogP contribution in [0.4, 0.5) is 0 Å². The third kappa shape index (κ3) is 2.79. The van der Waals surface area contributed by atoms with E-state index in [0.717, 1.165) is 24.2 Å². The maximum Gasteiger partial charge on any atom is 0.220 e. The van der Waals surface area contributed by atoms with E-state index >= 15 is 0 Å². The van der Waals surface area contributed by atoms with Gasteiger partial charge in [-0.3, -0.25) is 9.48 Å². The van der Waals surface area contributed by atoms with Gasteiger partial charge in [0.1, 0.15) is 5.15 Å². The van der Waals surface area contributed by atoms with Crippen molar-refractivity contribution in [3.05, 3.63) is 16.4 Å². The molecule has 1 amide bonds. The second-order valence-corrected chi connectivity index (χ2v) is 4.77. The molecule has 0 aromatic carbocycles. The van der Waals surface area contributed by atoms with Crippen LogP contribution >= 0.6 is 11.6 Å². The van der Waals surface area contributed by atoms with E-state index in [2.05, 4.69) is 15.7 Å². The molecule has 1 fully saturated rings. The predicted molar refractivity (Wildman–Crippen MR) is 65.8 cm³/mol. The number of aryl methyl sites for hydroxylation is 2. The van der Waals surface area contributed by atoms with Crippen molar-refractivity contribution in [1.82, 2.24) is 20.4 Å². The first-order valence-electron chi connectivity index (χ1n) is 5.76. The number of nitrogens with one attached hydrogen (secondary N) is 2. The zero-order valence-corrected chi connectivity index (χ0v) is 10.8. The number of rotatable bonds is 4. The number of carbonyl (C=O) groups is 1. The van der Waals surface area contributed by atoms with E-state index in [1.165, 1.54) is 0 Å². The molecule has 6 heteroatoms. The molecule has 1 aliphatic rings. The van der Waals surface area contributed by atoms with Crippen LogP contribution in [-0.2, 0) is 18.4 Å². The van der Waals surface area contributed by atoms with Gasteiger partial charge in [0, 0.05) is 38.2 Å². The van der Waals surface area contributed by atoms with Crippen molar-refractivity contribution < 1.29 is 4.79 Å². The smallest absolute Gasteiger partial charge is 0.220 e. The van der Waals surface area contributed by atoms with Crippen molar-refractivity contribution >= 4 is 17.5 Å². The summed E-state index contributed by atoms with van der Waals surface area (Å²) in [5, 5.41) is 11.1. The third-order valence-electron chi connectivity index (χ3n) is 3.05. The molecule has 0 saturated carbocycles. The Balaban J connectivity index is 1.84. The van der Waals surface area contributed by atoms with Crippen LogP contribution in [0.15, 0.2) is 0 Å². The number of hydrogen-bond donors (Lipinski definition) is 2. The lowest BCUT2D eigenvalue weighted by Gasteiger charge is -2.11. The molecule has 1 aliphatic heterocycles. The predicted octanol–water partition coefficient (Wildman–Crippen LogP) is 0.750. The monoisotopic (exact) mass is 256 g/mol. The molecule has 0 spiro atoms. The summed E-state index contributed by atoms with van der Waals surface area (Å²) in [4.78, 5) is 11.0. The van der Waals surface area contributed by atoms with Gasteiger partial charge in [-0.2, -0.15) is 5.10 Å². The molecule has 1 aromatic rings. The quantitative estimate of drug-likeness (QED) is 0.836. The summed E-state index contributed by atoms with van der Waals surface area (Å²) in [5.41, 5.74) is 1.97. The maximum atomic E-state index is 11.0. The summed E-state index contributed by atoms with van der Waals surface area (Å²) in [7, 11) is 1.83. The Labute approximate surface area is 106 Å². The molecule has 0 radical (unpaired) electrons. The Morgan fingerprint density at radius 3 is 2.94 bits per heavy atom. The van der Waals surface area contributed by atoms with Gasteiger partial charge < -0.3 is 10.6 Å². The van der Waals surface area contributed by atoms with Gasteiger partial charge in [-0.05, 0) is 13.3 Å². The third-order valence-corrected chi connectivity index (χ3v) is 3.52. The van der Waals surface area contributed by atoms with Gasteiger partial charge >= 0.3 is 0 Å². The largest absolute Gasteiger partial charge is 0.352 e. The van der Waals surface area contributed by atoms with Crippen molar-refractivity contribution in [2.24, 2.45) is 7.05 Å². The van der Waals surface area contributed by atoms with E-state index in [4.69, 9.17) is 11.6 Å². The van der Waals surface area contributed by atoms with E-state index in [1.807, 2.05) is 14.0 Å². The fraction of sp³-hybridized carbons (Fsp3) is 0.636. The maximum absolute atomic E-state index is 11.0. The van der Waals surface area contributed by atoms with Crippen LogP contribution in [0.2, 0.25) is 5.15 Å². The second kappa shape index (κ2) is 5.06. The number of hydrogen-bond acceptors (Lipinski definition) is 3. The minimum atomic E-state index is 0.146. The SMILES string of the molecule is Cc1nn(C)c(Cl)c1CNCC1CCC(=O)N1. The van der Waals surface area contributed by atoms with E-state index in [9.17, 15) is 4.79 Å². The molecule has 1 aromatic heterocycles. The molecule has 2 heterocycles. The summed E-state index contributed by atoms with van der Waals surface area (Å²) < 4.78 is 1.67. The summed E-state index contributed by atoms with van der Waals surface area (Å²) in [6.07, 6.45) is 1.55. The van der Waals surface area contributed by atoms with Gasteiger partial charge in [0.15, 0.2) is 0 Å². The average molecular weight is 257 g/mol. The van der Waals surface area contributed by atoms with E-state index in [0.29, 0.717) is 18.1 Å². The van der Waals surface area contributed by atoms with Crippen molar-refractivity contribution in [1.29, 1.82) is 0 Å². The topological polar surface area (TPSA) is 59.0 Å². The van der Waals surface area contributed by atoms with Gasteiger partial charge in [0.25, 0.3) is 0 Å². The summed E-state index contributed by atoms with van der Waals surface area (Å²) >= 11 is 6.12. The van der Waals surface area contributed by atoms with Gasteiger partial charge in [0.05, 0.1) is 5.69 Å². The first-order chi connectivity index (χ1) is 8.08. The standard InChI is InChI=1S/C11H17ClN4O/c1-7-9(11(12)16(2)15-7)6-13-5-8-3-4-10(17)14-8/h8,13H,3-6H2,1-2H3,(H,14,17). The van der Waals surface area contributed by atoms with Crippen molar-refractivity contribution in [3.8, 4) is 0 Å². The van der Waals surface area contributed by atoms with Gasteiger partial charge in [0.2, 0.25) is 5.91 Å². The summed E-state index contributed by atoms with van der Waals surface area (Å²) in [6, 6.07) is 0.248. The number of aromatic nitrogens is 2. The fourth-order valence-corrected chi connectivity index (χ4v) is 2.32. The molecule has 1 atom stereocenters. The Morgan fingerprint density at radius 2 is 2.41 bits per heavy atom. The zero-order chi connectivity index (χ0) is 12.4. The second-order valence-electron chi connectivity index (χ2n) is 4.41. The zero-order valence-electron chi connectivity index (χ0n) is 10.1.